The van der Waals surface area contributed by atoms with Crippen molar-refractivity contribution in [2.24, 2.45) is 0 Å². The van der Waals surface area contributed by atoms with Gasteiger partial charge in [0.15, 0.2) is 23.0 Å². The molecule has 4 heterocycles. The fraction of sp³-hybridized carbons (Fsp3) is 0.389. The van der Waals surface area contributed by atoms with Crippen molar-refractivity contribution < 1.29 is 28.5 Å². The van der Waals surface area contributed by atoms with Gasteiger partial charge in [-0.3, -0.25) is 9.69 Å². The van der Waals surface area contributed by atoms with Crippen molar-refractivity contribution in [3.63, 3.8) is 0 Å². The number of hydrogen-bond donors (Lipinski definition) is 0. The standard InChI is InChI=1S/C36H37N3O6/c1-7-25-30-24(33(45-21(4)40)20(3)34-36(30)44-18-43-34)15-27-31-29-23(14-26(38(31)5)28(16-37)39(25)27)13-19(2)32(41-6)35(29)42-17-22-11-9-8-10-12-22/h8-13,15,25-26,28,31H,7,14,17-18H2,1-6H3/t25-,26-,28-,31-/m0/s1. The van der Waals surface area contributed by atoms with Crippen LogP contribution in [0.1, 0.15) is 71.3 Å². The lowest BCUT2D eigenvalue weighted by Gasteiger charge is -2.57. The summed E-state index contributed by atoms with van der Waals surface area (Å²) in [7, 11) is 3.76. The zero-order chi connectivity index (χ0) is 31.6. The molecule has 0 radical (unpaired) electrons. The first kappa shape index (κ1) is 29.1. The van der Waals surface area contributed by atoms with E-state index in [1.807, 2.05) is 44.2 Å². The quantitative estimate of drug-likeness (QED) is 0.241. The van der Waals surface area contributed by atoms with Gasteiger partial charge in [0.05, 0.1) is 25.3 Å². The van der Waals surface area contributed by atoms with Crippen LogP contribution in [0.4, 0.5) is 0 Å². The maximum absolute atomic E-state index is 12.4. The van der Waals surface area contributed by atoms with Crippen LogP contribution >= 0.6 is 0 Å². The molecule has 3 aromatic carbocycles. The molecule has 3 aromatic rings. The Kier molecular flexibility index (Phi) is 7.13. The molecule has 7 rings (SSSR count). The van der Waals surface area contributed by atoms with Gasteiger partial charge < -0.3 is 28.6 Å². The number of aryl methyl sites for hydroxylation is 1. The van der Waals surface area contributed by atoms with E-state index in [4.69, 9.17) is 23.7 Å². The fourth-order valence-corrected chi connectivity index (χ4v) is 7.81. The van der Waals surface area contributed by atoms with E-state index >= 15 is 0 Å². The number of carbonyl (C=O) groups is 1. The Hall–Kier alpha value is -4.68. The van der Waals surface area contributed by atoms with Gasteiger partial charge in [0.25, 0.3) is 0 Å². The second kappa shape index (κ2) is 11.0. The summed E-state index contributed by atoms with van der Waals surface area (Å²) in [6.07, 6.45) is 3.47. The Morgan fingerprint density at radius 1 is 1.09 bits per heavy atom. The van der Waals surface area contributed by atoms with Gasteiger partial charge in [-0.2, -0.15) is 5.26 Å². The number of piperazine rings is 1. The Morgan fingerprint density at radius 3 is 2.53 bits per heavy atom. The Morgan fingerprint density at radius 2 is 1.84 bits per heavy atom. The van der Waals surface area contributed by atoms with Gasteiger partial charge in [-0.05, 0) is 56.5 Å². The number of hydrogen-bond acceptors (Lipinski definition) is 9. The molecule has 4 aliphatic rings. The molecular formula is C36H37N3O6. The average molecular weight is 608 g/mol. The normalized spacial score (nSPS) is 22.4. The van der Waals surface area contributed by atoms with E-state index in [1.165, 1.54) is 6.92 Å². The van der Waals surface area contributed by atoms with Crippen molar-refractivity contribution in [2.75, 3.05) is 21.0 Å². The second-order valence-electron chi connectivity index (χ2n) is 12.2. The van der Waals surface area contributed by atoms with Crippen LogP contribution in [0.5, 0.6) is 28.7 Å². The third-order valence-corrected chi connectivity index (χ3v) is 9.65. The second-order valence-corrected chi connectivity index (χ2v) is 12.2. The summed E-state index contributed by atoms with van der Waals surface area (Å²) in [5, 5.41) is 10.8. The van der Waals surface area contributed by atoms with Crippen molar-refractivity contribution >= 4 is 12.0 Å². The zero-order valence-corrected chi connectivity index (χ0v) is 26.5. The molecule has 0 aromatic heterocycles. The van der Waals surface area contributed by atoms with Crippen molar-refractivity contribution in [2.45, 2.75) is 71.3 Å². The van der Waals surface area contributed by atoms with Crippen LogP contribution in [0.3, 0.4) is 0 Å². The lowest BCUT2D eigenvalue weighted by molar-refractivity contribution is -0.131. The van der Waals surface area contributed by atoms with E-state index in [0.29, 0.717) is 53.8 Å². The van der Waals surface area contributed by atoms with E-state index in [-0.39, 0.29) is 24.9 Å². The number of methoxy groups -OCH3 is 1. The number of likely N-dealkylation sites (N-methyl/N-ethyl adjacent to an activating group) is 1. The van der Waals surface area contributed by atoms with Crippen molar-refractivity contribution in [3.05, 3.63) is 81.0 Å². The minimum atomic E-state index is -0.434. The molecule has 0 saturated carbocycles. The molecule has 4 atom stereocenters. The molecule has 0 amide bonds. The van der Waals surface area contributed by atoms with Crippen molar-refractivity contribution in [1.29, 1.82) is 5.26 Å². The Labute approximate surface area is 263 Å². The molecule has 9 heteroatoms. The van der Waals surface area contributed by atoms with Crippen LogP contribution in [0, 0.1) is 25.2 Å². The molecule has 0 aliphatic carbocycles. The maximum atomic E-state index is 12.4. The smallest absolute Gasteiger partial charge is 0.308 e. The number of fused-ring (bicyclic) bond motifs is 9. The number of nitrogens with zero attached hydrogens (tertiary/aromatic N) is 3. The number of nitriles is 1. The molecule has 45 heavy (non-hydrogen) atoms. The lowest BCUT2D eigenvalue weighted by atomic mass is 9.75. The van der Waals surface area contributed by atoms with Gasteiger partial charge in [-0.15, -0.1) is 0 Å². The molecule has 1 saturated heterocycles. The first-order valence-corrected chi connectivity index (χ1v) is 15.4. The number of ether oxygens (including phenoxy) is 5. The first-order valence-electron chi connectivity index (χ1n) is 15.4. The van der Waals surface area contributed by atoms with Gasteiger partial charge in [0, 0.05) is 40.9 Å². The average Bonchev–Trinajstić information content (AvgIpc) is 3.52. The minimum absolute atomic E-state index is 0.0707. The van der Waals surface area contributed by atoms with Gasteiger partial charge in [-0.25, -0.2) is 0 Å². The lowest BCUT2D eigenvalue weighted by Crippen LogP contribution is -2.61. The maximum Gasteiger partial charge on any atom is 0.308 e. The van der Waals surface area contributed by atoms with Crippen LogP contribution in [0.25, 0.3) is 6.08 Å². The molecule has 0 spiro atoms. The van der Waals surface area contributed by atoms with Crippen LogP contribution in [-0.4, -0.2) is 48.8 Å². The van der Waals surface area contributed by atoms with Gasteiger partial charge in [0.2, 0.25) is 6.79 Å². The van der Waals surface area contributed by atoms with Crippen molar-refractivity contribution in [1.82, 2.24) is 9.80 Å². The molecule has 232 valence electrons. The van der Waals surface area contributed by atoms with Crippen LogP contribution in [-0.2, 0) is 17.8 Å². The third kappa shape index (κ3) is 4.34. The van der Waals surface area contributed by atoms with E-state index < -0.39 is 12.0 Å². The summed E-state index contributed by atoms with van der Waals surface area (Å²) in [6, 6.07) is 14.0. The minimum Gasteiger partial charge on any atom is -0.493 e. The van der Waals surface area contributed by atoms with Crippen LogP contribution < -0.4 is 23.7 Å². The molecule has 0 unspecified atom stereocenters. The summed E-state index contributed by atoms with van der Waals surface area (Å²) < 4.78 is 30.5. The number of benzene rings is 3. The van der Waals surface area contributed by atoms with Gasteiger partial charge in [-0.1, -0.05) is 43.3 Å². The molecule has 0 N–H and O–H groups in total. The van der Waals surface area contributed by atoms with Crippen LogP contribution in [0.2, 0.25) is 0 Å². The third-order valence-electron chi connectivity index (χ3n) is 9.65. The van der Waals surface area contributed by atoms with Gasteiger partial charge >= 0.3 is 5.97 Å². The monoisotopic (exact) mass is 607 g/mol. The van der Waals surface area contributed by atoms with Gasteiger partial charge in [0.1, 0.15) is 18.4 Å². The SMILES string of the molecule is CC[C@H]1c2c(c(OC(C)=O)c(C)c3c2OCO3)C=C2[C@H]3c4c(cc(C)c(OC)c4OCc4ccccc4)C[C@@H]([C@H](C#N)N21)N3C. The Balaban J connectivity index is 1.49. The Bertz CT molecular complexity index is 1780. The van der Waals surface area contributed by atoms with Crippen LogP contribution in [0.15, 0.2) is 42.1 Å². The van der Waals surface area contributed by atoms with E-state index in [2.05, 4.69) is 42.0 Å². The number of carbonyl (C=O) groups excluding carboxylic acids is 1. The summed E-state index contributed by atoms with van der Waals surface area (Å²) in [6.45, 7) is 7.92. The molecule has 9 nitrogen and oxygen atoms in total. The summed E-state index contributed by atoms with van der Waals surface area (Å²) in [5.74, 6) is 2.71. The molecular weight excluding hydrogens is 570 g/mol. The summed E-state index contributed by atoms with van der Waals surface area (Å²) in [4.78, 5) is 17.0. The highest BCUT2D eigenvalue weighted by atomic mass is 16.7. The molecule has 4 aliphatic heterocycles. The highest BCUT2D eigenvalue weighted by Gasteiger charge is 2.53. The zero-order valence-electron chi connectivity index (χ0n) is 26.5. The largest absolute Gasteiger partial charge is 0.493 e. The molecule has 2 bridgehead atoms. The topological polar surface area (TPSA) is 93.5 Å². The van der Waals surface area contributed by atoms with E-state index in [9.17, 15) is 10.1 Å². The molecule has 1 fully saturated rings. The predicted octanol–water partition coefficient (Wildman–Crippen LogP) is 6.16. The fourth-order valence-electron chi connectivity index (χ4n) is 7.81. The van der Waals surface area contributed by atoms with E-state index in [1.54, 1.807) is 7.11 Å². The van der Waals surface area contributed by atoms with Crippen molar-refractivity contribution in [3.8, 4) is 34.8 Å². The predicted molar refractivity (Wildman–Crippen MR) is 167 cm³/mol. The number of esters is 1. The summed E-state index contributed by atoms with van der Waals surface area (Å²) in [5.41, 5.74) is 7.55. The summed E-state index contributed by atoms with van der Waals surface area (Å²) >= 11 is 0. The first-order chi connectivity index (χ1) is 21.8. The number of rotatable bonds is 6. The highest BCUT2D eigenvalue weighted by molar-refractivity contribution is 5.81. The van der Waals surface area contributed by atoms with E-state index in [0.717, 1.165) is 39.1 Å². The highest BCUT2D eigenvalue weighted by Crippen LogP contribution is 2.59.